The Bertz CT molecular complexity index is 541. The molecule has 0 radical (unpaired) electrons. The first-order valence-electron chi connectivity index (χ1n) is 6.73. The van der Waals surface area contributed by atoms with Gasteiger partial charge in [-0.2, -0.15) is 0 Å². The number of fused-ring (bicyclic) bond motifs is 3. The maximum absolute atomic E-state index is 12.4. The van der Waals surface area contributed by atoms with E-state index >= 15 is 0 Å². The fraction of sp³-hybridized carbons (Fsp3) is 0.533. The van der Waals surface area contributed by atoms with E-state index in [9.17, 15) is 4.79 Å². The molecule has 1 aromatic rings. The van der Waals surface area contributed by atoms with Gasteiger partial charge in [0.15, 0.2) is 6.23 Å². The minimum Gasteiger partial charge on any atom is -0.497 e. The second-order valence-corrected chi connectivity index (χ2v) is 5.98. The number of rotatable bonds is 2. The molecule has 2 saturated heterocycles. The summed E-state index contributed by atoms with van der Waals surface area (Å²) in [5, 5.41) is 0. The van der Waals surface area contributed by atoms with Crippen molar-refractivity contribution in [1.29, 1.82) is 0 Å². The van der Waals surface area contributed by atoms with Gasteiger partial charge in [-0.1, -0.05) is 19.1 Å². The van der Waals surface area contributed by atoms with Crippen molar-refractivity contribution in [3.8, 4) is 5.75 Å². The van der Waals surface area contributed by atoms with Crippen LogP contribution in [0.3, 0.4) is 0 Å². The topological polar surface area (TPSA) is 38.8 Å². The molecule has 4 heteroatoms. The van der Waals surface area contributed by atoms with Crippen molar-refractivity contribution < 1.29 is 14.3 Å². The molecule has 0 N–H and O–H groups in total. The van der Waals surface area contributed by atoms with E-state index in [0.717, 1.165) is 17.7 Å². The zero-order chi connectivity index (χ0) is 13.2. The van der Waals surface area contributed by atoms with Crippen molar-refractivity contribution in [2.24, 2.45) is 11.3 Å². The highest BCUT2D eigenvalue weighted by molar-refractivity contribution is 5.87. The monoisotopic (exact) mass is 259 g/mol. The van der Waals surface area contributed by atoms with Gasteiger partial charge < -0.3 is 14.4 Å². The van der Waals surface area contributed by atoms with Crippen LogP contribution < -0.4 is 4.74 Å². The Morgan fingerprint density at radius 2 is 2.11 bits per heavy atom. The summed E-state index contributed by atoms with van der Waals surface area (Å²) in [6.07, 6.45) is 0.819. The van der Waals surface area contributed by atoms with E-state index in [1.807, 2.05) is 29.2 Å². The quantitative estimate of drug-likeness (QED) is 0.815. The van der Waals surface area contributed by atoms with Crippen molar-refractivity contribution in [3.05, 3.63) is 29.8 Å². The molecule has 0 spiro atoms. The second-order valence-electron chi connectivity index (χ2n) is 5.98. The van der Waals surface area contributed by atoms with Crippen LogP contribution in [-0.2, 0) is 9.53 Å². The lowest BCUT2D eigenvalue weighted by atomic mass is 10.0. The highest BCUT2D eigenvalue weighted by Crippen LogP contribution is 2.65. The molecule has 4 unspecified atom stereocenters. The summed E-state index contributed by atoms with van der Waals surface area (Å²) in [7, 11) is 1.65. The van der Waals surface area contributed by atoms with Gasteiger partial charge in [0.05, 0.1) is 19.8 Å². The van der Waals surface area contributed by atoms with Gasteiger partial charge in [-0.3, -0.25) is 4.79 Å². The number of methoxy groups -OCH3 is 1. The second kappa shape index (κ2) is 3.51. The molecule has 0 bridgehead atoms. The van der Waals surface area contributed by atoms with Gasteiger partial charge in [0.2, 0.25) is 5.91 Å². The summed E-state index contributed by atoms with van der Waals surface area (Å²) < 4.78 is 11.0. The van der Waals surface area contributed by atoms with Gasteiger partial charge in [0, 0.05) is 16.9 Å². The van der Waals surface area contributed by atoms with E-state index in [0.29, 0.717) is 6.61 Å². The number of hydrogen-bond donors (Lipinski definition) is 0. The third-order valence-electron chi connectivity index (χ3n) is 5.00. The zero-order valence-electron chi connectivity index (χ0n) is 11.1. The van der Waals surface area contributed by atoms with Gasteiger partial charge in [0.25, 0.3) is 0 Å². The summed E-state index contributed by atoms with van der Waals surface area (Å²) in [5.74, 6) is 1.33. The van der Waals surface area contributed by atoms with Gasteiger partial charge in [-0.05, 0) is 18.6 Å². The Morgan fingerprint density at radius 1 is 1.37 bits per heavy atom. The van der Waals surface area contributed by atoms with Gasteiger partial charge in [-0.15, -0.1) is 0 Å². The fourth-order valence-corrected chi connectivity index (χ4v) is 3.61. The first-order valence-corrected chi connectivity index (χ1v) is 6.73. The molecule has 1 aromatic carbocycles. The van der Waals surface area contributed by atoms with E-state index in [2.05, 4.69) is 6.92 Å². The summed E-state index contributed by atoms with van der Waals surface area (Å²) in [5.41, 5.74) is 1.19. The average molecular weight is 259 g/mol. The maximum atomic E-state index is 12.4. The summed E-state index contributed by atoms with van der Waals surface area (Å²) in [6, 6.07) is 8.04. The number of carbonyl (C=O) groups is 1. The van der Waals surface area contributed by atoms with Crippen LogP contribution in [-0.4, -0.2) is 30.6 Å². The zero-order valence-corrected chi connectivity index (χ0v) is 11.1. The molecule has 4 atom stereocenters. The van der Waals surface area contributed by atoms with Gasteiger partial charge in [-0.25, -0.2) is 0 Å². The Hall–Kier alpha value is -1.55. The molecule has 1 saturated carbocycles. The number of benzene rings is 1. The largest absolute Gasteiger partial charge is 0.497 e. The molecule has 4 nitrogen and oxygen atoms in total. The number of hydrogen-bond acceptors (Lipinski definition) is 3. The number of piperidine rings is 1. The molecule has 3 aliphatic rings. The molecule has 100 valence electrons. The third-order valence-corrected chi connectivity index (χ3v) is 5.00. The predicted octanol–water partition coefficient (Wildman–Crippen LogP) is 1.96. The normalized spacial score (nSPS) is 39.2. The number of ether oxygens (including phenoxy) is 2. The minimum atomic E-state index is -0.215. The van der Waals surface area contributed by atoms with Crippen LogP contribution in [0.1, 0.15) is 25.1 Å². The average Bonchev–Trinajstić information content (AvgIpc) is 2.85. The smallest absolute Gasteiger partial charge is 0.228 e. The number of carbonyl (C=O) groups excluding carboxylic acids is 1. The molecule has 4 rings (SSSR count). The van der Waals surface area contributed by atoms with Crippen LogP contribution in [0.4, 0.5) is 0 Å². The van der Waals surface area contributed by atoms with E-state index in [1.54, 1.807) is 7.11 Å². The third kappa shape index (κ3) is 1.35. The van der Waals surface area contributed by atoms with E-state index in [1.165, 1.54) is 0 Å². The molecule has 2 heterocycles. The molecule has 1 aliphatic carbocycles. The van der Waals surface area contributed by atoms with E-state index in [4.69, 9.17) is 9.47 Å². The lowest BCUT2D eigenvalue weighted by Gasteiger charge is -2.26. The first kappa shape index (κ1) is 11.3. The Balaban J connectivity index is 1.64. The Labute approximate surface area is 112 Å². The SMILES string of the molecule is COc1ccc(C2OCC3N2C(=O)C2CC23C)cc1. The van der Waals surface area contributed by atoms with Crippen molar-refractivity contribution in [2.45, 2.75) is 25.6 Å². The molecule has 19 heavy (non-hydrogen) atoms. The predicted molar refractivity (Wildman–Crippen MR) is 68.5 cm³/mol. The first-order chi connectivity index (χ1) is 9.15. The molecule has 3 fully saturated rings. The van der Waals surface area contributed by atoms with Crippen LogP contribution in [0.15, 0.2) is 24.3 Å². The van der Waals surface area contributed by atoms with Crippen LogP contribution in [0.2, 0.25) is 0 Å². The summed E-state index contributed by atoms with van der Waals surface area (Å²) in [6.45, 7) is 2.87. The van der Waals surface area contributed by atoms with E-state index < -0.39 is 0 Å². The molecular weight excluding hydrogens is 242 g/mol. The Kier molecular flexibility index (Phi) is 2.09. The summed E-state index contributed by atoms with van der Waals surface area (Å²) in [4.78, 5) is 14.3. The van der Waals surface area contributed by atoms with Crippen molar-refractivity contribution in [2.75, 3.05) is 13.7 Å². The Morgan fingerprint density at radius 3 is 2.79 bits per heavy atom. The number of nitrogens with zero attached hydrogens (tertiary/aromatic N) is 1. The van der Waals surface area contributed by atoms with Crippen molar-refractivity contribution in [3.63, 3.8) is 0 Å². The van der Waals surface area contributed by atoms with Gasteiger partial charge >= 0.3 is 0 Å². The lowest BCUT2D eigenvalue weighted by molar-refractivity contribution is -0.136. The highest BCUT2D eigenvalue weighted by atomic mass is 16.5. The maximum Gasteiger partial charge on any atom is 0.228 e. The van der Waals surface area contributed by atoms with E-state index in [-0.39, 0.29) is 29.5 Å². The summed E-state index contributed by atoms with van der Waals surface area (Å²) >= 11 is 0. The molecular formula is C15H17NO3. The van der Waals surface area contributed by atoms with Crippen LogP contribution in [0.5, 0.6) is 5.75 Å². The van der Waals surface area contributed by atoms with Crippen molar-refractivity contribution in [1.82, 2.24) is 4.90 Å². The standard InChI is InChI=1S/C15H17NO3/c1-15-7-11(15)13(17)16-12(15)8-19-14(16)9-3-5-10(18-2)6-4-9/h3-6,11-12,14H,7-8H2,1-2H3. The van der Waals surface area contributed by atoms with Crippen LogP contribution in [0.25, 0.3) is 0 Å². The van der Waals surface area contributed by atoms with Crippen LogP contribution in [0, 0.1) is 11.3 Å². The molecule has 0 aromatic heterocycles. The van der Waals surface area contributed by atoms with Crippen LogP contribution >= 0.6 is 0 Å². The molecule has 2 aliphatic heterocycles. The van der Waals surface area contributed by atoms with Gasteiger partial charge in [0.1, 0.15) is 5.75 Å². The van der Waals surface area contributed by atoms with Crippen molar-refractivity contribution >= 4 is 5.91 Å². The fourth-order valence-electron chi connectivity index (χ4n) is 3.61. The molecule has 1 amide bonds. The lowest BCUT2D eigenvalue weighted by Crippen LogP contribution is -2.36. The minimum absolute atomic E-state index is 0.165. The highest BCUT2D eigenvalue weighted by Gasteiger charge is 2.70. The number of amides is 1.